The van der Waals surface area contributed by atoms with Crippen molar-refractivity contribution in [2.45, 2.75) is 43.9 Å². The Morgan fingerprint density at radius 2 is 2.21 bits per heavy atom. The molecule has 4 rings (SSSR count). The number of aliphatic hydroxyl groups is 2. The van der Waals surface area contributed by atoms with Gasteiger partial charge in [0.2, 0.25) is 0 Å². The number of ether oxygens (including phenoxy) is 3. The highest BCUT2D eigenvalue weighted by Crippen LogP contribution is 2.32. The number of nitrogens with zero attached hydrogens (tertiary/aromatic N) is 4. The molecule has 0 saturated carbocycles. The highest BCUT2D eigenvalue weighted by atomic mass is 32.1. The minimum Gasteiger partial charge on any atom is -0.468 e. The van der Waals surface area contributed by atoms with Crippen LogP contribution in [0.25, 0.3) is 11.2 Å². The van der Waals surface area contributed by atoms with Crippen molar-refractivity contribution in [3.8, 4) is 0 Å². The third kappa shape index (κ3) is 4.12. The van der Waals surface area contributed by atoms with Gasteiger partial charge in [-0.15, -0.1) is 0 Å². The van der Waals surface area contributed by atoms with Crippen LogP contribution in [0.3, 0.4) is 0 Å². The Balaban J connectivity index is 1.51. The summed E-state index contributed by atoms with van der Waals surface area (Å²) in [5.41, 5.74) is 1.04. The number of rotatable bonds is 6. The molecule has 0 radical (unpaired) electrons. The van der Waals surface area contributed by atoms with Gasteiger partial charge in [0.1, 0.15) is 31.2 Å². The number of imidazole rings is 1. The number of aliphatic hydroxyl groups excluding tert-OH is 2. The van der Waals surface area contributed by atoms with E-state index in [1.165, 1.54) is 12.7 Å². The van der Waals surface area contributed by atoms with Gasteiger partial charge >= 0.3 is 0 Å². The Labute approximate surface area is 172 Å². The number of fused-ring (bicyclic) bond motifs is 1. The van der Waals surface area contributed by atoms with E-state index in [2.05, 4.69) is 25.6 Å². The molecule has 2 aliphatic rings. The second kappa shape index (κ2) is 8.71. The van der Waals surface area contributed by atoms with Gasteiger partial charge in [-0.3, -0.25) is 4.57 Å². The van der Waals surface area contributed by atoms with E-state index in [0.717, 1.165) is 6.42 Å². The summed E-state index contributed by atoms with van der Waals surface area (Å²) in [6.45, 7) is 3.85. The molecule has 2 unspecified atom stereocenters. The van der Waals surface area contributed by atoms with Gasteiger partial charge in [-0.25, -0.2) is 15.0 Å². The molecule has 2 aromatic heterocycles. The first-order chi connectivity index (χ1) is 14.1. The molecule has 2 fully saturated rings. The quantitative estimate of drug-likeness (QED) is 0.449. The summed E-state index contributed by atoms with van der Waals surface area (Å²) in [6, 6.07) is 0.162. The summed E-state index contributed by atoms with van der Waals surface area (Å²) in [5, 5.41) is 27.3. The fraction of sp³-hybridized carbons (Fsp3) is 0.647. The number of aromatic nitrogens is 4. The van der Waals surface area contributed by atoms with Crippen LogP contribution in [0.1, 0.15) is 19.6 Å². The van der Waals surface area contributed by atoms with E-state index in [9.17, 15) is 10.2 Å². The summed E-state index contributed by atoms with van der Waals surface area (Å²) in [6.07, 6.45) is -0.109. The first kappa shape index (κ1) is 20.2. The highest BCUT2D eigenvalue weighted by molar-refractivity contribution is 7.80. The Morgan fingerprint density at radius 3 is 2.97 bits per heavy atom. The maximum atomic E-state index is 10.5. The van der Waals surface area contributed by atoms with Crippen LogP contribution in [0.5, 0.6) is 0 Å². The van der Waals surface area contributed by atoms with Crippen molar-refractivity contribution in [3.05, 3.63) is 12.7 Å². The number of hydrogen-bond acceptors (Lipinski definition) is 10. The van der Waals surface area contributed by atoms with E-state index in [-0.39, 0.29) is 17.8 Å². The molecule has 2 aromatic rings. The van der Waals surface area contributed by atoms with Crippen LogP contribution < -0.4 is 10.6 Å². The molecule has 2 aliphatic heterocycles. The summed E-state index contributed by atoms with van der Waals surface area (Å²) in [7, 11) is 0. The zero-order valence-corrected chi connectivity index (χ0v) is 16.7. The fourth-order valence-electron chi connectivity index (χ4n) is 3.44. The van der Waals surface area contributed by atoms with Gasteiger partial charge in [0, 0.05) is 13.2 Å². The molecule has 5 atom stereocenters. The van der Waals surface area contributed by atoms with Crippen molar-refractivity contribution >= 4 is 34.4 Å². The topological polar surface area (TPSA) is 136 Å². The number of anilines is 1. The summed E-state index contributed by atoms with van der Waals surface area (Å²) < 4.78 is 18.2. The van der Waals surface area contributed by atoms with Gasteiger partial charge in [0.25, 0.3) is 5.17 Å². The van der Waals surface area contributed by atoms with Crippen molar-refractivity contribution in [1.82, 2.24) is 24.8 Å². The first-order valence-electron chi connectivity index (χ1n) is 9.52. The van der Waals surface area contributed by atoms with Crippen molar-refractivity contribution in [2.24, 2.45) is 0 Å². The Morgan fingerprint density at radius 1 is 1.34 bits per heavy atom. The average Bonchev–Trinajstić information content (AvgIpc) is 3.43. The molecule has 12 heteroatoms. The first-order valence-corrected chi connectivity index (χ1v) is 9.93. The van der Waals surface area contributed by atoms with E-state index in [1.807, 2.05) is 6.92 Å². The minimum absolute atomic E-state index is 0.0106. The second-order valence-corrected chi connectivity index (χ2v) is 7.30. The van der Waals surface area contributed by atoms with Gasteiger partial charge in [-0.05, 0) is 25.6 Å². The summed E-state index contributed by atoms with van der Waals surface area (Å²) in [5.74, 6) is 0.591. The SMILES string of the molecule is CCNC(=S)OC[C@H]1OC(n2cnc3c(NC4CCOC4)ncnc32)[C@H](O)[C@@H]1O. The van der Waals surface area contributed by atoms with Crippen molar-refractivity contribution in [1.29, 1.82) is 0 Å². The van der Waals surface area contributed by atoms with Gasteiger partial charge in [-0.1, -0.05) is 0 Å². The molecule has 4 N–H and O–H groups in total. The molecular formula is C17H24N6O5S. The van der Waals surface area contributed by atoms with Crippen molar-refractivity contribution in [3.63, 3.8) is 0 Å². The van der Waals surface area contributed by atoms with Gasteiger partial charge in [0.15, 0.2) is 23.2 Å². The molecule has 0 aromatic carbocycles. The Kier molecular flexibility index (Phi) is 6.06. The van der Waals surface area contributed by atoms with E-state index in [0.29, 0.717) is 36.7 Å². The van der Waals surface area contributed by atoms with Crippen LogP contribution in [0, 0.1) is 0 Å². The lowest BCUT2D eigenvalue weighted by Gasteiger charge is -2.17. The Hall–Kier alpha value is -2.12. The molecule has 4 heterocycles. The molecule has 158 valence electrons. The lowest BCUT2D eigenvalue weighted by atomic mass is 10.1. The van der Waals surface area contributed by atoms with E-state index < -0.39 is 24.5 Å². The molecule has 0 amide bonds. The predicted octanol–water partition coefficient (Wildman–Crippen LogP) is -0.443. The second-order valence-electron chi connectivity index (χ2n) is 6.93. The smallest absolute Gasteiger partial charge is 0.256 e. The maximum absolute atomic E-state index is 10.5. The van der Waals surface area contributed by atoms with Gasteiger partial charge in [0.05, 0.1) is 19.0 Å². The van der Waals surface area contributed by atoms with Crippen molar-refractivity contribution in [2.75, 3.05) is 31.7 Å². The number of nitrogens with one attached hydrogen (secondary N) is 2. The third-order valence-corrected chi connectivity index (χ3v) is 5.20. The molecular weight excluding hydrogens is 400 g/mol. The lowest BCUT2D eigenvalue weighted by molar-refractivity contribution is -0.0491. The molecule has 0 aliphatic carbocycles. The van der Waals surface area contributed by atoms with E-state index in [4.69, 9.17) is 26.4 Å². The molecule has 0 bridgehead atoms. The number of hydrogen-bond donors (Lipinski definition) is 4. The molecule has 2 saturated heterocycles. The van der Waals surface area contributed by atoms with Crippen LogP contribution in [0.2, 0.25) is 0 Å². The predicted molar refractivity (Wildman–Crippen MR) is 106 cm³/mol. The lowest BCUT2D eigenvalue weighted by Crippen LogP contribution is -2.35. The zero-order valence-electron chi connectivity index (χ0n) is 15.9. The van der Waals surface area contributed by atoms with E-state index >= 15 is 0 Å². The van der Waals surface area contributed by atoms with Crippen LogP contribution in [0.15, 0.2) is 12.7 Å². The normalized spacial score (nSPS) is 29.3. The minimum atomic E-state index is -1.18. The summed E-state index contributed by atoms with van der Waals surface area (Å²) in [4.78, 5) is 13.0. The Bertz CT molecular complexity index is 860. The highest BCUT2D eigenvalue weighted by Gasteiger charge is 2.44. The van der Waals surface area contributed by atoms with Gasteiger partial charge in [-0.2, -0.15) is 0 Å². The number of thiocarbonyl (C=S) groups is 1. The maximum Gasteiger partial charge on any atom is 0.256 e. The summed E-state index contributed by atoms with van der Waals surface area (Å²) >= 11 is 5.02. The fourth-order valence-corrected chi connectivity index (χ4v) is 3.65. The molecule has 29 heavy (non-hydrogen) atoms. The largest absolute Gasteiger partial charge is 0.468 e. The van der Waals surface area contributed by atoms with Crippen LogP contribution in [-0.4, -0.2) is 85.6 Å². The molecule has 0 spiro atoms. The third-order valence-electron chi connectivity index (χ3n) is 4.94. The zero-order chi connectivity index (χ0) is 20.4. The average molecular weight is 424 g/mol. The van der Waals surface area contributed by atoms with E-state index in [1.54, 1.807) is 4.57 Å². The van der Waals surface area contributed by atoms with Gasteiger partial charge < -0.3 is 35.1 Å². The van der Waals surface area contributed by atoms with Crippen LogP contribution in [-0.2, 0) is 14.2 Å². The standard InChI is InChI=1S/C17H24N6O5S/c1-2-18-17(29)27-6-10-12(24)13(25)16(28-10)23-8-21-11-14(19-7-20-15(11)23)22-9-3-4-26-5-9/h7-10,12-13,16,24-25H,2-6H2,1H3,(H,18,29)(H,19,20,22)/t9?,10-,12-,13-,16?/m1/s1. The van der Waals surface area contributed by atoms with Crippen LogP contribution in [0.4, 0.5) is 5.82 Å². The molecule has 11 nitrogen and oxygen atoms in total. The monoisotopic (exact) mass is 424 g/mol. The van der Waals surface area contributed by atoms with Crippen LogP contribution >= 0.6 is 12.2 Å². The van der Waals surface area contributed by atoms with Crippen molar-refractivity contribution < 1.29 is 24.4 Å².